The molecule has 0 aromatic heterocycles. The minimum Gasteiger partial charge on any atom is -0.493 e. The lowest BCUT2D eigenvalue weighted by atomic mass is 10.2. The Labute approximate surface area is 167 Å². The van der Waals surface area contributed by atoms with Crippen molar-refractivity contribution in [3.63, 3.8) is 0 Å². The minimum absolute atomic E-state index is 0.0165. The number of rotatable bonds is 9. The number of sulfonamides is 1. The highest BCUT2D eigenvalue weighted by atomic mass is 32.2. The Kier molecular flexibility index (Phi) is 8.09. The molecule has 1 amide bonds. The Morgan fingerprint density at radius 1 is 1.14 bits per heavy atom. The van der Waals surface area contributed by atoms with Crippen LogP contribution in [0.5, 0.6) is 11.5 Å². The molecule has 0 unspecified atom stereocenters. The van der Waals surface area contributed by atoms with Crippen LogP contribution < -0.4 is 14.8 Å². The van der Waals surface area contributed by atoms with Crippen molar-refractivity contribution < 1.29 is 22.7 Å². The van der Waals surface area contributed by atoms with E-state index in [1.807, 2.05) is 11.8 Å². The third kappa shape index (κ3) is 5.59. The average molecular weight is 414 g/mol. The Balaban J connectivity index is 1.95. The Morgan fingerprint density at radius 2 is 1.79 bits per heavy atom. The molecule has 0 radical (unpaired) electrons. The molecular formula is C19H31N3O5S. The second-order valence-electron chi connectivity index (χ2n) is 6.95. The molecule has 1 aromatic carbocycles. The lowest BCUT2D eigenvalue weighted by Crippen LogP contribution is -2.51. The lowest BCUT2D eigenvalue weighted by molar-refractivity contribution is -0.123. The first-order valence-electron chi connectivity index (χ1n) is 9.55. The van der Waals surface area contributed by atoms with Gasteiger partial charge in [0.05, 0.1) is 25.7 Å². The van der Waals surface area contributed by atoms with Crippen LogP contribution in [0, 0.1) is 0 Å². The van der Waals surface area contributed by atoms with Crippen molar-refractivity contribution in [2.24, 2.45) is 0 Å². The Hall–Kier alpha value is -1.84. The van der Waals surface area contributed by atoms with Gasteiger partial charge in [0.15, 0.2) is 11.5 Å². The first-order valence-corrected chi connectivity index (χ1v) is 11.0. The Morgan fingerprint density at radius 3 is 2.36 bits per heavy atom. The van der Waals surface area contributed by atoms with Gasteiger partial charge in [0.25, 0.3) is 0 Å². The van der Waals surface area contributed by atoms with Gasteiger partial charge in [-0.1, -0.05) is 13.3 Å². The zero-order valence-electron chi connectivity index (χ0n) is 17.1. The van der Waals surface area contributed by atoms with Crippen LogP contribution in [0.4, 0.5) is 0 Å². The van der Waals surface area contributed by atoms with Gasteiger partial charge in [-0.15, -0.1) is 0 Å². The number of hydrogen-bond acceptors (Lipinski definition) is 6. The number of carbonyl (C=O) groups is 1. The normalized spacial score (nSPS) is 17.1. The minimum atomic E-state index is -3.63. The fourth-order valence-corrected chi connectivity index (χ4v) is 4.72. The van der Waals surface area contributed by atoms with Crippen molar-refractivity contribution in [3.05, 3.63) is 18.2 Å². The van der Waals surface area contributed by atoms with Crippen molar-refractivity contribution in [1.29, 1.82) is 0 Å². The summed E-state index contributed by atoms with van der Waals surface area (Å²) >= 11 is 0. The largest absolute Gasteiger partial charge is 0.493 e. The van der Waals surface area contributed by atoms with E-state index >= 15 is 0 Å². The molecule has 28 heavy (non-hydrogen) atoms. The lowest BCUT2D eigenvalue weighted by Gasteiger charge is -2.33. The number of methoxy groups -OCH3 is 2. The third-order valence-corrected chi connectivity index (χ3v) is 6.71. The van der Waals surface area contributed by atoms with Gasteiger partial charge in [-0.25, -0.2) is 8.42 Å². The van der Waals surface area contributed by atoms with E-state index in [2.05, 4.69) is 12.2 Å². The maximum absolute atomic E-state index is 12.9. The van der Waals surface area contributed by atoms with Crippen molar-refractivity contribution in [2.45, 2.75) is 37.6 Å². The highest BCUT2D eigenvalue weighted by molar-refractivity contribution is 7.89. The summed E-state index contributed by atoms with van der Waals surface area (Å²) in [5.74, 6) is 0.840. The maximum atomic E-state index is 12.9. The SMILES string of the molecule is CCC[C@H](C)NC(=O)CN1CCN(S(=O)(=O)c2ccc(OC)c(OC)c2)CC1. The van der Waals surface area contributed by atoms with Crippen molar-refractivity contribution >= 4 is 15.9 Å². The first-order chi connectivity index (χ1) is 13.3. The van der Waals surface area contributed by atoms with E-state index in [4.69, 9.17) is 9.47 Å². The van der Waals surface area contributed by atoms with Gasteiger partial charge < -0.3 is 14.8 Å². The van der Waals surface area contributed by atoms with Gasteiger partial charge in [0.1, 0.15) is 0 Å². The van der Waals surface area contributed by atoms with E-state index in [0.29, 0.717) is 37.7 Å². The zero-order chi connectivity index (χ0) is 20.7. The summed E-state index contributed by atoms with van der Waals surface area (Å²) in [4.78, 5) is 14.3. The van der Waals surface area contributed by atoms with Crippen LogP contribution in [0.25, 0.3) is 0 Å². The van der Waals surface area contributed by atoms with Gasteiger partial charge >= 0.3 is 0 Å². The summed E-state index contributed by atoms with van der Waals surface area (Å²) in [6, 6.07) is 4.74. The highest BCUT2D eigenvalue weighted by Gasteiger charge is 2.30. The second-order valence-corrected chi connectivity index (χ2v) is 8.89. The summed E-state index contributed by atoms with van der Waals surface area (Å²) < 4.78 is 37.7. The fraction of sp³-hybridized carbons (Fsp3) is 0.632. The summed E-state index contributed by atoms with van der Waals surface area (Å²) in [6.07, 6.45) is 1.97. The van der Waals surface area contributed by atoms with E-state index in [1.54, 1.807) is 6.07 Å². The van der Waals surface area contributed by atoms with Gasteiger partial charge in [0.2, 0.25) is 15.9 Å². The Bertz CT molecular complexity index is 761. The molecule has 8 nitrogen and oxygen atoms in total. The molecule has 1 aliphatic rings. The summed E-state index contributed by atoms with van der Waals surface area (Å²) in [7, 11) is -0.651. The molecule has 158 valence electrons. The molecule has 1 saturated heterocycles. The number of amides is 1. The molecular weight excluding hydrogens is 382 g/mol. The van der Waals surface area contributed by atoms with Gasteiger partial charge in [-0.2, -0.15) is 4.31 Å². The molecule has 1 atom stereocenters. The summed E-state index contributed by atoms with van der Waals surface area (Å²) in [6.45, 7) is 6.08. The first kappa shape index (κ1) is 22.4. The average Bonchev–Trinajstić information content (AvgIpc) is 2.67. The van der Waals surface area contributed by atoms with E-state index < -0.39 is 10.0 Å². The number of hydrogen-bond donors (Lipinski definition) is 1. The van der Waals surface area contributed by atoms with Crippen molar-refractivity contribution in [1.82, 2.24) is 14.5 Å². The van der Waals surface area contributed by atoms with Crippen LogP contribution in [0.3, 0.4) is 0 Å². The van der Waals surface area contributed by atoms with Crippen LogP contribution >= 0.6 is 0 Å². The molecule has 0 saturated carbocycles. The number of benzene rings is 1. The number of nitrogens with zero attached hydrogens (tertiary/aromatic N) is 2. The highest BCUT2D eigenvalue weighted by Crippen LogP contribution is 2.30. The quantitative estimate of drug-likeness (QED) is 0.657. The molecule has 0 aliphatic carbocycles. The topological polar surface area (TPSA) is 88.2 Å². The maximum Gasteiger partial charge on any atom is 0.243 e. The van der Waals surface area contributed by atoms with E-state index in [9.17, 15) is 13.2 Å². The van der Waals surface area contributed by atoms with Crippen molar-refractivity contribution in [2.75, 3.05) is 46.9 Å². The molecule has 0 spiro atoms. The van der Waals surface area contributed by atoms with E-state index in [-0.39, 0.29) is 23.4 Å². The van der Waals surface area contributed by atoms with Gasteiger partial charge in [0, 0.05) is 38.3 Å². The molecule has 1 fully saturated rings. The van der Waals surface area contributed by atoms with Crippen LogP contribution in [0.15, 0.2) is 23.1 Å². The predicted octanol–water partition coefficient (Wildman–Crippen LogP) is 1.31. The second kappa shape index (κ2) is 10.1. The third-order valence-electron chi connectivity index (χ3n) is 4.82. The van der Waals surface area contributed by atoms with Crippen LogP contribution in [-0.4, -0.2) is 76.5 Å². The molecule has 1 N–H and O–H groups in total. The van der Waals surface area contributed by atoms with Crippen molar-refractivity contribution in [3.8, 4) is 11.5 Å². The zero-order valence-corrected chi connectivity index (χ0v) is 17.9. The van der Waals surface area contributed by atoms with Gasteiger partial charge in [-0.3, -0.25) is 9.69 Å². The molecule has 9 heteroatoms. The van der Waals surface area contributed by atoms with Gasteiger partial charge in [-0.05, 0) is 25.5 Å². The predicted molar refractivity (Wildman–Crippen MR) is 107 cm³/mol. The van der Waals surface area contributed by atoms with Crippen LogP contribution in [0.2, 0.25) is 0 Å². The molecule has 1 aromatic rings. The molecule has 2 rings (SSSR count). The molecule has 1 heterocycles. The molecule has 0 bridgehead atoms. The van der Waals surface area contributed by atoms with Crippen LogP contribution in [-0.2, 0) is 14.8 Å². The number of piperazine rings is 1. The fourth-order valence-electron chi connectivity index (χ4n) is 3.28. The standard InChI is InChI=1S/C19H31N3O5S/c1-5-6-15(2)20-19(23)14-21-9-11-22(12-10-21)28(24,25)16-7-8-17(26-3)18(13-16)27-4/h7-8,13,15H,5-6,9-12,14H2,1-4H3,(H,20,23)/t15-/m0/s1. The number of nitrogens with one attached hydrogen (secondary N) is 1. The summed E-state index contributed by atoms with van der Waals surface area (Å²) in [5, 5.41) is 2.98. The van der Waals surface area contributed by atoms with Crippen LogP contribution in [0.1, 0.15) is 26.7 Å². The summed E-state index contributed by atoms with van der Waals surface area (Å²) in [5.41, 5.74) is 0. The molecule has 1 aliphatic heterocycles. The monoisotopic (exact) mass is 413 g/mol. The van der Waals surface area contributed by atoms with E-state index in [1.165, 1.54) is 30.7 Å². The smallest absolute Gasteiger partial charge is 0.243 e. The number of ether oxygens (including phenoxy) is 2. The van der Waals surface area contributed by atoms with E-state index in [0.717, 1.165) is 12.8 Å². The number of carbonyl (C=O) groups excluding carboxylic acids is 1.